The minimum Gasteiger partial charge on any atom is -0.497 e. The molecule has 0 bridgehead atoms. The lowest BCUT2D eigenvalue weighted by Gasteiger charge is -2.00. The first-order chi connectivity index (χ1) is 7.26. The molecule has 2 aromatic rings. The minimum absolute atomic E-state index is 0.909. The summed E-state index contributed by atoms with van der Waals surface area (Å²) in [7, 11) is 1.70. The highest BCUT2D eigenvalue weighted by Gasteiger charge is 2.08. The topological polar surface area (TPSA) is 52.7 Å². The summed E-state index contributed by atoms with van der Waals surface area (Å²) in [5.74, 6) is 0.909. The van der Waals surface area contributed by atoms with Crippen LogP contribution < -0.4 is 10.5 Å². The zero-order valence-corrected chi connectivity index (χ0v) is 9.26. The van der Waals surface area contributed by atoms with Crippen LogP contribution in [0.1, 0.15) is 11.3 Å². The lowest BCUT2D eigenvalue weighted by atomic mass is 10.1. The van der Waals surface area contributed by atoms with Crippen molar-refractivity contribution in [1.29, 1.82) is 0 Å². The smallest absolute Gasteiger partial charge is 0.119 e. The number of benzene rings is 1. The Morgan fingerprint density at radius 3 is 2.87 bits per heavy atom. The minimum atomic E-state index is 0.909. The van der Waals surface area contributed by atoms with Crippen LogP contribution in [0.5, 0.6) is 5.75 Å². The number of nitrogens with one attached hydrogen (secondary N) is 1. The summed E-state index contributed by atoms with van der Waals surface area (Å²) in [4.78, 5) is 3.38. The Hall–Kier alpha value is -1.48. The molecule has 0 saturated carbocycles. The number of aromatic amines is 1. The van der Waals surface area contributed by atoms with Crippen LogP contribution in [-0.4, -0.2) is 18.6 Å². The molecule has 2 rings (SSSR count). The third-order valence-corrected chi connectivity index (χ3v) is 2.75. The maximum absolute atomic E-state index is 5.24. The highest BCUT2D eigenvalue weighted by molar-refractivity contribution is 5.86. The highest BCUT2D eigenvalue weighted by Crippen LogP contribution is 2.26. The molecule has 4 N–H and O–H groups in total. The number of fused-ring (bicyclic) bond motifs is 1. The fourth-order valence-electron chi connectivity index (χ4n) is 1.99. The van der Waals surface area contributed by atoms with Crippen LogP contribution in [0, 0.1) is 6.92 Å². The summed E-state index contributed by atoms with van der Waals surface area (Å²) >= 11 is 0. The number of hydrogen-bond acceptors (Lipinski definition) is 1. The molecule has 0 amide bonds. The van der Waals surface area contributed by atoms with Crippen LogP contribution >= 0.6 is 0 Å². The highest BCUT2D eigenvalue weighted by atomic mass is 16.5. The number of rotatable bonds is 3. The standard InChI is InChI=1S/C12H16N2O/c1-8-10(5-6-13)11-7-9(15-2)3-4-12(11)14-8/h3-4,7,14H,5-6,13H2,1-2H3/p+1. The van der Waals surface area contributed by atoms with Gasteiger partial charge in [-0.2, -0.15) is 0 Å². The van der Waals surface area contributed by atoms with Gasteiger partial charge in [0.05, 0.1) is 13.7 Å². The molecule has 80 valence electrons. The molecule has 3 nitrogen and oxygen atoms in total. The Bertz CT molecular complexity index is 474. The van der Waals surface area contributed by atoms with E-state index in [-0.39, 0.29) is 0 Å². The summed E-state index contributed by atoms with van der Waals surface area (Å²) in [6.45, 7) is 3.03. The van der Waals surface area contributed by atoms with Crippen LogP contribution in [0.15, 0.2) is 18.2 Å². The third-order valence-electron chi connectivity index (χ3n) is 2.75. The van der Waals surface area contributed by atoms with E-state index in [1.165, 1.54) is 22.2 Å². The number of methoxy groups -OCH3 is 1. The van der Waals surface area contributed by atoms with Crippen molar-refractivity contribution in [1.82, 2.24) is 4.98 Å². The molecule has 0 atom stereocenters. The molecule has 0 radical (unpaired) electrons. The summed E-state index contributed by atoms with van der Waals surface area (Å²) in [5, 5.41) is 1.26. The molecular weight excluding hydrogens is 188 g/mol. The van der Waals surface area contributed by atoms with Gasteiger partial charge in [-0.15, -0.1) is 0 Å². The quantitative estimate of drug-likeness (QED) is 0.779. The average Bonchev–Trinajstić information content (AvgIpc) is 2.55. The molecule has 0 fully saturated rings. The molecule has 0 spiro atoms. The van der Waals surface area contributed by atoms with Gasteiger partial charge in [0.2, 0.25) is 0 Å². The van der Waals surface area contributed by atoms with Crippen molar-refractivity contribution < 1.29 is 10.5 Å². The van der Waals surface area contributed by atoms with Crippen LogP contribution in [0.25, 0.3) is 10.9 Å². The first-order valence-electron chi connectivity index (χ1n) is 5.20. The van der Waals surface area contributed by atoms with E-state index in [0.717, 1.165) is 18.7 Å². The Kier molecular flexibility index (Phi) is 2.64. The van der Waals surface area contributed by atoms with Gasteiger partial charge >= 0.3 is 0 Å². The molecule has 0 aliphatic rings. The number of aromatic nitrogens is 1. The van der Waals surface area contributed by atoms with Crippen molar-refractivity contribution in [2.24, 2.45) is 0 Å². The fraction of sp³-hybridized carbons (Fsp3) is 0.333. The Balaban J connectivity index is 2.61. The van der Waals surface area contributed by atoms with E-state index < -0.39 is 0 Å². The van der Waals surface area contributed by atoms with Gasteiger partial charge in [-0.05, 0) is 30.7 Å². The molecule has 15 heavy (non-hydrogen) atoms. The largest absolute Gasteiger partial charge is 0.497 e. The van der Waals surface area contributed by atoms with Gasteiger partial charge in [0.25, 0.3) is 0 Å². The predicted molar refractivity (Wildman–Crippen MR) is 61.0 cm³/mol. The maximum atomic E-state index is 5.24. The zero-order chi connectivity index (χ0) is 10.8. The molecule has 0 saturated heterocycles. The normalized spacial score (nSPS) is 10.9. The van der Waals surface area contributed by atoms with Crippen molar-refractivity contribution in [2.45, 2.75) is 13.3 Å². The molecule has 0 aliphatic heterocycles. The summed E-state index contributed by atoms with van der Waals surface area (Å²) in [6, 6.07) is 6.13. The fourth-order valence-corrected chi connectivity index (χ4v) is 1.99. The number of quaternary nitrogens is 1. The second-order valence-corrected chi connectivity index (χ2v) is 3.74. The first-order valence-corrected chi connectivity index (χ1v) is 5.20. The summed E-state index contributed by atoms with van der Waals surface area (Å²) < 4.78 is 5.24. The predicted octanol–water partition coefficient (Wildman–Crippen LogP) is 1.27. The maximum Gasteiger partial charge on any atom is 0.119 e. The van der Waals surface area contributed by atoms with E-state index in [0.29, 0.717) is 0 Å². The van der Waals surface area contributed by atoms with Gasteiger partial charge in [-0.3, -0.25) is 0 Å². The first kappa shape index (κ1) is 10.1. The van der Waals surface area contributed by atoms with Crippen molar-refractivity contribution in [3.05, 3.63) is 29.5 Å². The second kappa shape index (κ2) is 3.95. The van der Waals surface area contributed by atoms with Gasteiger partial charge in [0.15, 0.2) is 0 Å². The third kappa shape index (κ3) is 1.70. The molecule has 0 unspecified atom stereocenters. The van der Waals surface area contributed by atoms with Crippen LogP contribution in [0.4, 0.5) is 0 Å². The number of aryl methyl sites for hydroxylation is 1. The lowest BCUT2D eigenvalue weighted by Crippen LogP contribution is -2.51. The number of H-pyrrole nitrogens is 1. The van der Waals surface area contributed by atoms with Crippen molar-refractivity contribution in [3.63, 3.8) is 0 Å². The van der Waals surface area contributed by atoms with Gasteiger partial charge in [-0.25, -0.2) is 0 Å². The molecule has 0 aliphatic carbocycles. The average molecular weight is 205 g/mol. The van der Waals surface area contributed by atoms with E-state index in [9.17, 15) is 0 Å². The van der Waals surface area contributed by atoms with Crippen LogP contribution in [-0.2, 0) is 6.42 Å². The van der Waals surface area contributed by atoms with E-state index in [1.807, 2.05) is 6.07 Å². The van der Waals surface area contributed by atoms with Crippen molar-refractivity contribution in [2.75, 3.05) is 13.7 Å². The van der Waals surface area contributed by atoms with E-state index in [2.05, 4.69) is 29.8 Å². The van der Waals surface area contributed by atoms with Gasteiger partial charge in [0.1, 0.15) is 5.75 Å². The van der Waals surface area contributed by atoms with Gasteiger partial charge in [0, 0.05) is 23.0 Å². The van der Waals surface area contributed by atoms with Crippen molar-refractivity contribution in [3.8, 4) is 5.75 Å². The molecule has 1 aromatic heterocycles. The second-order valence-electron chi connectivity index (χ2n) is 3.74. The molecule has 1 heterocycles. The zero-order valence-electron chi connectivity index (χ0n) is 9.26. The van der Waals surface area contributed by atoms with Gasteiger partial charge in [-0.1, -0.05) is 0 Å². The number of ether oxygens (including phenoxy) is 1. The molecule has 1 aromatic carbocycles. The van der Waals surface area contributed by atoms with Gasteiger partial charge < -0.3 is 15.5 Å². The lowest BCUT2D eigenvalue weighted by molar-refractivity contribution is -0.366. The Morgan fingerprint density at radius 1 is 1.40 bits per heavy atom. The molecular formula is C12H17N2O+. The monoisotopic (exact) mass is 205 g/mol. The van der Waals surface area contributed by atoms with E-state index >= 15 is 0 Å². The summed E-state index contributed by atoms with van der Waals surface area (Å²) in [6.07, 6.45) is 1.01. The Labute approximate surface area is 89.2 Å². The van der Waals surface area contributed by atoms with E-state index in [4.69, 9.17) is 4.74 Å². The molecule has 3 heteroatoms. The van der Waals surface area contributed by atoms with Crippen LogP contribution in [0.3, 0.4) is 0 Å². The van der Waals surface area contributed by atoms with Crippen LogP contribution in [0.2, 0.25) is 0 Å². The SMILES string of the molecule is COc1ccc2[nH]c(C)c(CC[NH3+])c2c1. The summed E-state index contributed by atoms with van der Waals surface area (Å²) in [5.41, 5.74) is 7.68. The van der Waals surface area contributed by atoms with Crippen molar-refractivity contribution >= 4 is 10.9 Å². The number of hydrogen-bond donors (Lipinski definition) is 2. The van der Waals surface area contributed by atoms with E-state index in [1.54, 1.807) is 7.11 Å². The Morgan fingerprint density at radius 2 is 2.20 bits per heavy atom.